The van der Waals surface area contributed by atoms with Crippen molar-refractivity contribution in [2.45, 2.75) is 0 Å². The third-order valence-electron chi connectivity index (χ3n) is 3.79. The number of para-hydroxylation sites is 2. The van der Waals surface area contributed by atoms with Gasteiger partial charge in [-0.1, -0.05) is 36.4 Å². The molecule has 10 heteroatoms. The fourth-order valence-corrected chi connectivity index (χ4v) is 3.78. The predicted molar refractivity (Wildman–Crippen MR) is 106 cm³/mol. The third kappa shape index (κ3) is 4.21. The molecule has 4 rings (SSSR count). The Balaban J connectivity index is 1.68. The average Bonchev–Trinajstić information content (AvgIpc) is 2.74. The molecule has 9 nitrogen and oxygen atoms in total. The second kappa shape index (κ2) is 8.18. The number of anilines is 1. The molecule has 2 heterocycles. The summed E-state index contributed by atoms with van der Waals surface area (Å²) in [4.78, 5) is 16.6. The van der Waals surface area contributed by atoms with Crippen LogP contribution >= 0.6 is 7.82 Å². The summed E-state index contributed by atoms with van der Waals surface area (Å²) < 4.78 is 35.3. The van der Waals surface area contributed by atoms with Crippen molar-refractivity contribution in [2.24, 2.45) is 0 Å². The minimum atomic E-state index is -4.40. The van der Waals surface area contributed by atoms with E-state index in [-0.39, 0.29) is 23.1 Å². The Kier molecular flexibility index (Phi) is 5.28. The molecule has 0 fully saturated rings. The van der Waals surface area contributed by atoms with Gasteiger partial charge in [-0.05, 0) is 36.4 Å². The van der Waals surface area contributed by atoms with E-state index in [0.717, 1.165) is 6.26 Å². The lowest BCUT2D eigenvalue weighted by molar-refractivity contribution is 0.193. The first-order valence-electron chi connectivity index (χ1n) is 8.68. The van der Waals surface area contributed by atoms with E-state index in [9.17, 15) is 14.5 Å². The van der Waals surface area contributed by atoms with E-state index in [1.807, 2.05) is 0 Å². The Morgan fingerprint density at radius 3 is 2.07 bits per heavy atom. The lowest BCUT2D eigenvalue weighted by Crippen LogP contribution is -2.33. The lowest BCUT2D eigenvalue weighted by atomic mass is 10.3. The molecule has 1 aromatic heterocycles. The number of phosphoric acid groups is 1. The summed E-state index contributed by atoms with van der Waals surface area (Å²) >= 11 is 0. The maximum atomic E-state index is 13.5. The molecule has 1 amide bonds. The monoisotopic (exact) mass is 426 g/mol. The first kappa shape index (κ1) is 19.4. The van der Waals surface area contributed by atoms with Gasteiger partial charge in [-0.3, -0.25) is 0 Å². The van der Waals surface area contributed by atoms with Crippen molar-refractivity contribution in [3.05, 3.63) is 91.1 Å². The molecule has 0 atom stereocenters. The summed E-state index contributed by atoms with van der Waals surface area (Å²) in [5.74, 6) is 0.122. The van der Waals surface area contributed by atoms with Gasteiger partial charge in [0.15, 0.2) is 17.8 Å². The standard InChI is InChI=1S/C20H15N2O7P/c23-20(24)22-18(14-26-17-12-7-13-21-19(17)22)29-30(25,27-15-8-3-1-4-9-15)28-16-10-5-2-6-11-16/h1-14H,(H,23,24). The number of nitrogens with zero attached hydrogens (tertiary/aromatic N) is 2. The molecule has 0 unspecified atom stereocenters. The summed E-state index contributed by atoms with van der Waals surface area (Å²) in [7, 11) is -4.40. The van der Waals surface area contributed by atoms with E-state index in [4.69, 9.17) is 18.3 Å². The molecule has 2 aromatic carbocycles. The van der Waals surface area contributed by atoms with E-state index in [1.165, 1.54) is 12.3 Å². The van der Waals surface area contributed by atoms with Gasteiger partial charge in [0.25, 0.3) is 5.88 Å². The van der Waals surface area contributed by atoms with Gasteiger partial charge < -0.3 is 23.4 Å². The van der Waals surface area contributed by atoms with Crippen LogP contribution in [0.25, 0.3) is 0 Å². The van der Waals surface area contributed by atoms with Crippen LogP contribution in [0.15, 0.2) is 91.1 Å². The highest BCUT2D eigenvalue weighted by atomic mass is 31.2. The third-order valence-corrected chi connectivity index (χ3v) is 5.07. The van der Waals surface area contributed by atoms with Gasteiger partial charge in [-0.2, -0.15) is 9.46 Å². The van der Waals surface area contributed by atoms with Crippen molar-refractivity contribution in [3.8, 4) is 17.2 Å². The summed E-state index contributed by atoms with van der Waals surface area (Å²) in [6.07, 6.45) is 0.963. The highest BCUT2D eigenvalue weighted by Gasteiger charge is 2.40. The predicted octanol–water partition coefficient (Wildman–Crippen LogP) is 5.04. The lowest BCUT2D eigenvalue weighted by Gasteiger charge is -2.28. The van der Waals surface area contributed by atoms with Crippen molar-refractivity contribution < 1.29 is 32.8 Å². The molecule has 0 bridgehead atoms. The number of hydrogen-bond acceptors (Lipinski definition) is 7. The van der Waals surface area contributed by atoms with Crippen LogP contribution in [0.5, 0.6) is 17.2 Å². The summed E-state index contributed by atoms with van der Waals surface area (Å²) in [5.41, 5.74) is 0. The minimum Gasteiger partial charge on any atom is -0.464 e. The zero-order valence-corrected chi connectivity index (χ0v) is 16.2. The number of aromatic nitrogens is 1. The Morgan fingerprint density at radius 1 is 0.900 bits per heavy atom. The summed E-state index contributed by atoms with van der Waals surface area (Å²) in [6, 6.07) is 19.6. The second-order valence-corrected chi connectivity index (χ2v) is 7.31. The van der Waals surface area contributed by atoms with Crippen LogP contribution in [0.2, 0.25) is 0 Å². The maximum absolute atomic E-state index is 13.5. The Labute approximate surface area is 171 Å². The van der Waals surface area contributed by atoms with Gasteiger partial charge in [0.1, 0.15) is 11.5 Å². The zero-order valence-electron chi connectivity index (χ0n) is 15.3. The molecule has 0 saturated heterocycles. The van der Waals surface area contributed by atoms with Crippen molar-refractivity contribution in [2.75, 3.05) is 4.90 Å². The Bertz CT molecular complexity index is 1080. The molecule has 1 N–H and O–H groups in total. The average molecular weight is 426 g/mol. The first-order chi connectivity index (χ1) is 14.5. The maximum Gasteiger partial charge on any atom is 0.648 e. The molecule has 0 aliphatic carbocycles. The smallest absolute Gasteiger partial charge is 0.464 e. The molecule has 30 heavy (non-hydrogen) atoms. The fourth-order valence-electron chi connectivity index (χ4n) is 2.55. The van der Waals surface area contributed by atoms with Crippen LogP contribution in [0, 0.1) is 0 Å². The van der Waals surface area contributed by atoms with E-state index < -0.39 is 19.8 Å². The Morgan fingerprint density at radius 2 is 1.50 bits per heavy atom. The van der Waals surface area contributed by atoms with Crippen LogP contribution < -0.4 is 18.7 Å². The van der Waals surface area contributed by atoms with Crippen LogP contribution in [0.1, 0.15) is 0 Å². The van der Waals surface area contributed by atoms with Crippen molar-refractivity contribution in [3.63, 3.8) is 0 Å². The fraction of sp³-hybridized carbons (Fsp3) is 0. The quantitative estimate of drug-likeness (QED) is 0.546. The van der Waals surface area contributed by atoms with Gasteiger partial charge in [-0.15, -0.1) is 0 Å². The number of pyridine rings is 1. The number of hydrogen-bond donors (Lipinski definition) is 1. The van der Waals surface area contributed by atoms with Crippen LogP contribution in [0.4, 0.5) is 10.6 Å². The molecule has 0 saturated carbocycles. The number of carbonyl (C=O) groups is 1. The molecule has 0 radical (unpaired) electrons. The molecule has 3 aromatic rings. The SMILES string of the molecule is O=C(O)N1C(OP(=O)(Oc2ccccc2)Oc2ccccc2)=COc2cccnc21. The number of carboxylic acid groups (broad SMARTS) is 1. The van der Waals surface area contributed by atoms with E-state index in [0.29, 0.717) is 4.90 Å². The second-order valence-electron chi connectivity index (χ2n) is 5.86. The molecule has 0 spiro atoms. The Hall–Kier alpha value is -3.97. The molecule has 1 aliphatic heterocycles. The van der Waals surface area contributed by atoms with Crippen molar-refractivity contribution in [1.82, 2.24) is 4.98 Å². The van der Waals surface area contributed by atoms with Crippen LogP contribution in [-0.4, -0.2) is 16.2 Å². The molecular weight excluding hydrogens is 411 g/mol. The summed E-state index contributed by atoms with van der Waals surface area (Å²) in [5, 5.41) is 9.67. The number of fused-ring (bicyclic) bond motifs is 1. The number of rotatable bonds is 6. The minimum absolute atomic E-state index is 0.0477. The van der Waals surface area contributed by atoms with Gasteiger partial charge in [0.2, 0.25) is 0 Å². The summed E-state index contributed by atoms with van der Waals surface area (Å²) in [6.45, 7) is 0. The number of benzene rings is 2. The van der Waals surface area contributed by atoms with E-state index in [2.05, 4.69) is 4.98 Å². The van der Waals surface area contributed by atoms with Gasteiger partial charge >= 0.3 is 13.9 Å². The zero-order chi connectivity index (χ0) is 21.0. The first-order valence-corrected chi connectivity index (χ1v) is 10.1. The van der Waals surface area contributed by atoms with Crippen molar-refractivity contribution in [1.29, 1.82) is 0 Å². The molecule has 1 aliphatic rings. The highest BCUT2D eigenvalue weighted by molar-refractivity contribution is 7.49. The normalized spacial score (nSPS) is 12.8. The highest BCUT2D eigenvalue weighted by Crippen LogP contribution is 2.52. The topological polar surface area (TPSA) is 107 Å². The number of amides is 1. The van der Waals surface area contributed by atoms with Gasteiger partial charge in [-0.25, -0.2) is 9.78 Å². The number of phosphoric ester groups is 1. The van der Waals surface area contributed by atoms with Gasteiger partial charge in [0.05, 0.1) is 0 Å². The molecule has 152 valence electrons. The van der Waals surface area contributed by atoms with Crippen LogP contribution in [-0.2, 0) is 9.09 Å². The molecular formula is C20H15N2O7P. The van der Waals surface area contributed by atoms with E-state index in [1.54, 1.807) is 66.7 Å². The van der Waals surface area contributed by atoms with Crippen molar-refractivity contribution >= 4 is 19.7 Å². The van der Waals surface area contributed by atoms with E-state index >= 15 is 0 Å². The van der Waals surface area contributed by atoms with Crippen LogP contribution in [0.3, 0.4) is 0 Å². The largest absolute Gasteiger partial charge is 0.648 e. The number of ether oxygens (including phenoxy) is 1. The van der Waals surface area contributed by atoms with Gasteiger partial charge in [0, 0.05) is 6.20 Å².